The van der Waals surface area contributed by atoms with Crippen LogP contribution in [0.1, 0.15) is 21.0 Å². The van der Waals surface area contributed by atoms with Crippen LogP contribution in [0.2, 0.25) is 0 Å². The van der Waals surface area contributed by atoms with Gasteiger partial charge in [0.1, 0.15) is 0 Å². The molecule has 1 amide bonds. The summed E-state index contributed by atoms with van der Waals surface area (Å²) >= 11 is 0. The van der Waals surface area contributed by atoms with E-state index in [9.17, 15) is 14.4 Å². The van der Waals surface area contributed by atoms with E-state index in [2.05, 4.69) is 15.3 Å². The topological polar surface area (TPSA) is 117 Å². The lowest BCUT2D eigenvalue weighted by atomic mass is 10.3. The van der Waals surface area contributed by atoms with E-state index in [0.29, 0.717) is 5.69 Å². The lowest BCUT2D eigenvalue weighted by Crippen LogP contribution is -2.19. The van der Waals surface area contributed by atoms with Crippen LogP contribution >= 0.6 is 0 Å². The number of carbonyl (C=O) groups excluding carboxylic acids is 1. The number of carboxylic acid groups (broad SMARTS) is 1. The van der Waals surface area contributed by atoms with Gasteiger partial charge in [-0.2, -0.15) is 0 Å². The average molecular weight is 262 g/mol. The molecular weight excluding hydrogens is 252 g/mol. The number of hydrogen-bond acceptors (Lipinski definition) is 4. The number of pyridine rings is 1. The second-order valence-electron chi connectivity index (χ2n) is 3.75. The van der Waals surface area contributed by atoms with Crippen molar-refractivity contribution >= 4 is 17.6 Å². The molecule has 8 heteroatoms. The third-order valence-electron chi connectivity index (χ3n) is 2.41. The molecule has 2 rings (SSSR count). The van der Waals surface area contributed by atoms with E-state index in [4.69, 9.17) is 5.11 Å². The quantitative estimate of drug-likeness (QED) is 0.723. The molecule has 0 aliphatic carbocycles. The van der Waals surface area contributed by atoms with Gasteiger partial charge < -0.3 is 20.0 Å². The molecule has 0 radical (unpaired) electrons. The predicted molar refractivity (Wildman–Crippen MR) is 65.2 cm³/mol. The number of aromatic nitrogens is 3. The number of nitrogens with one attached hydrogen (secondary N) is 2. The second-order valence-corrected chi connectivity index (χ2v) is 3.75. The number of anilines is 1. The third kappa shape index (κ3) is 2.51. The average Bonchev–Trinajstić information content (AvgIpc) is 2.83. The molecule has 0 unspecified atom stereocenters. The highest BCUT2D eigenvalue weighted by molar-refractivity contribution is 6.08. The summed E-state index contributed by atoms with van der Waals surface area (Å²) in [5.74, 6) is -1.94. The summed E-state index contributed by atoms with van der Waals surface area (Å²) in [6, 6.07) is 2.71. The SMILES string of the molecule is Cn1cc(NC(=O)c2nc[nH]c2C(=O)O)ccc1=O. The minimum absolute atomic E-state index is 0.219. The minimum Gasteiger partial charge on any atom is -0.477 e. The van der Waals surface area contributed by atoms with Crippen molar-refractivity contribution in [2.24, 2.45) is 7.05 Å². The Balaban J connectivity index is 2.25. The van der Waals surface area contributed by atoms with Crippen molar-refractivity contribution < 1.29 is 14.7 Å². The Hall–Kier alpha value is -2.90. The smallest absolute Gasteiger partial charge is 0.354 e. The molecule has 0 aliphatic rings. The van der Waals surface area contributed by atoms with Gasteiger partial charge in [0.15, 0.2) is 11.4 Å². The molecule has 0 bridgehead atoms. The molecule has 0 aliphatic heterocycles. The van der Waals surface area contributed by atoms with E-state index >= 15 is 0 Å². The van der Waals surface area contributed by atoms with E-state index in [1.807, 2.05) is 0 Å². The predicted octanol–water partition coefficient (Wildman–Crippen LogP) is 0.0589. The third-order valence-corrected chi connectivity index (χ3v) is 2.41. The van der Waals surface area contributed by atoms with E-state index in [1.165, 1.54) is 29.9 Å². The molecule has 0 spiro atoms. The molecule has 19 heavy (non-hydrogen) atoms. The fraction of sp³-hybridized carbons (Fsp3) is 0.0909. The number of rotatable bonds is 3. The van der Waals surface area contributed by atoms with Gasteiger partial charge in [0.25, 0.3) is 5.91 Å². The Bertz CT molecular complexity index is 701. The monoisotopic (exact) mass is 262 g/mol. The summed E-state index contributed by atoms with van der Waals surface area (Å²) in [4.78, 5) is 39.9. The Morgan fingerprint density at radius 2 is 2.16 bits per heavy atom. The number of aromatic amines is 1. The standard InChI is InChI=1S/C11H10N4O4/c1-15-4-6(2-3-7(15)16)14-10(17)8-9(11(18)19)13-5-12-8/h2-5H,1H3,(H,12,13)(H,14,17)(H,18,19). The summed E-state index contributed by atoms with van der Waals surface area (Å²) in [7, 11) is 1.54. The highest BCUT2D eigenvalue weighted by Crippen LogP contribution is 2.08. The van der Waals surface area contributed by atoms with Crippen molar-refractivity contribution in [2.45, 2.75) is 0 Å². The van der Waals surface area contributed by atoms with Crippen molar-refractivity contribution in [3.63, 3.8) is 0 Å². The van der Waals surface area contributed by atoms with Crippen LogP contribution in [0, 0.1) is 0 Å². The molecule has 3 N–H and O–H groups in total. The largest absolute Gasteiger partial charge is 0.477 e. The van der Waals surface area contributed by atoms with Crippen LogP contribution in [0.25, 0.3) is 0 Å². The van der Waals surface area contributed by atoms with Crippen molar-refractivity contribution in [3.8, 4) is 0 Å². The van der Waals surface area contributed by atoms with Crippen LogP contribution in [0.4, 0.5) is 5.69 Å². The second kappa shape index (κ2) is 4.77. The van der Waals surface area contributed by atoms with Crippen molar-refractivity contribution in [3.05, 3.63) is 46.4 Å². The highest BCUT2D eigenvalue weighted by Gasteiger charge is 2.19. The summed E-state index contributed by atoms with van der Waals surface area (Å²) in [5.41, 5.74) is -0.362. The van der Waals surface area contributed by atoms with Crippen LogP contribution < -0.4 is 10.9 Å². The van der Waals surface area contributed by atoms with Gasteiger partial charge >= 0.3 is 5.97 Å². The number of amides is 1. The molecule has 0 aromatic carbocycles. The number of nitrogens with zero attached hydrogens (tertiary/aromatic N) is 2. The Kier molecular flexibility index (Phi) is 3.15. The maximum atomic E-state index is 11.9. The molecule has 0 saturated heterocycles. The van der Waals surface area contributed by atoms with Crippen molar-refractivity contribution in [1.82, 2.24) is 14.5 Å². The minimum atomic E-state index is -1.27. The molecule has 8 nitrogen and oxygen atoms in total. The summed E-state index contributed by atoms with van der Waals surface area (Å²) in [6.45, 7) is 0. The number of carboxylic acids is 1. The lowest BCUT2D eigenvalue weighted by Gasteiger charge is -2.05. The normalized spacial score (nSPS) is 10.2. The summed E-state index contributed by atoms with van der Waals surface area (Å²) in [5, 5.41) is 11.3. The van der Waals surface area contributed by atoms with E-state index < -0.39 is 11.9 Å². The zero-order valence-corrected chi connectivity index (χ0v) is 9.88. The van der Waals surface area contributed by atoms with Crippen molar-refractivity contribution in [2.75, 3.05) is 5.32 Å². The molecule has 2 aromatic rings. The number of imidazole rings is 1. The summed E-state index contributed by atoms with van der Waals surface area (Å²) < 4.78 is 1.29. The number of hydrogen-bond donors (Lipinski definition) is 3. The first-order chi connectivity index (χ1) is 8.99. The van der Waals surface area contributed by atoms with Gasteiger partial charge in [0.05, 0.1) is 12.0 Å². The molecule has 98 valence electrons. The van der Waals surface area contributed by atoms with Gasteiger partial charge in [-0.1, -0.05) is 0 Å². The van der Waals surface area contributed by atoms with Crippen LogP contribution in [-0.4, -0.2) is 31.5 Å². The molecule has 0 atom stereocenters. The fourth-order valence-corrected chi connectivity index (χ4v) is 1.49. The zero-order chi connectivity index (χ0) is 14.0. The first-order valence-corrected chi connectivity index (χ1v) is 5.23. The Labute approximate surface area is 106 Å². The van der Waals surface area contributed by atoms with Crippen molar-refractivity contribution in [1.29, 1.82) is 0 Å². The molecule has 2 heterocycles. The first kappa shape index (κ1) is 12.6. The van der Waals surface area contributed by atoms with Crippen LogP contribution in [-0.2, 0) is 7.05 Å². The number of aryl methyl sites for hydroxylation is 1. The van der Waals surface area contributed by atoms with Gasteiger partial charge in [-0.3, -0.25) is 9.59 Å². The molecular formula is C11H10N4O4. The van der Waals surface area contributed by atoms with Crippen LogP contribution in [0.15, 0.2) is 29.5 Å². The first-order valence-electron chi connectivity index (χ1n) is 5.23. The van der Waals surface area contributed by atoms with E-state index in [-0.39, 0.29) is 16.9 Å². The molecule has 0 saturated carbocycles. The highest BCUT2D eigenvalue weighted by atomic mass is 16.4. The van der Waals surface area contributed by atoms with Gasteiger partial charge in [-0.25, -0.2) is 9.78 Å². The van der Waals surface area contributed by atoms with Gasteiger partial charge in [-0.15, -0.1) is 0 Å². The van der Waals surface area contributed by atoms with E-state index in [1.54, 1.807) is 0 Å². The zero-order valence-electron chi connectivity index (χ0n) is 9.88. The van der Waals surface area contributed by atoms with Gasteiger partial charge in [0.2, 0.25) is 5.56 Å². The number of carbonyl (C=O) groups is 2. The maximum absolute atomic E-state index is 11.9. The molecule has 0 fully saturated rings. The lowest BCUT2D eigenvalue weighted by molar-refractivity contribution is 0.0686. The Morgan fingerprint density at radius 1 is 1.42 bits per heavy atom. The molecule has 2 aromatic heterocycles. The van der Waals surface area contributed by atoms with E-state index in [0.717, 1.165) is 6.33 Å². The Morgan fingerprint density at radius 3 is 2.79 bits per heavy atom. The van der Waals surface area contributed by atoms with Crippen LogP contribution in [0.5, 0.6) is 0 Å². The fourth-order valence-electron chi connectivity index (χ4n) is 1.49. The summed E-state index contributed by atoms with van der Waals surface area (Å²) in [6.07, 6.45) is 2.55. The van der Waals surface area contributed by atoms with Crippen LogP contribution in [0.3, 0.4) is 0 Å². The number of H-pyrrole nitrogens is 1. The van der Waals surface area contributed by atoms with Gasteiger partial charge in [-0.05, 0) is 6.07 Å². The van der Waals surface area contributed by atoms with Gasteiger partial charge in [0, 0.05) is 19.3 Å². The maximum Gasteiger partial charge on any atom is 0.354 e. The number of aromatic carboxylic acids is 1.